The Morgan fingerprint density at radius 3 is 1.57 bits per heavy atom. The lowest BCUT2D eigenvalue weighted by molar-refractivity contribution is 0.671. The fraction of sp³-hybridized carbons (Fsp3) is 0.138. The van der Waals surface area contributed by atoms with E-state index in [2.05, 4.69) is 98.8 Å². The van der Waals surface area contributed by atoms with E-state index in [4.69, 9.17) is 15.0 Å². The summed E-state index contributed by atoms with van der Waals surface area (Å²) in [5, 5.41) is 4.13. The Hall–Kier alpha value is -2.93. The summed E-state index contributed by atoms with van der Waals surface area (Å²) in [5.74, 6) is 0. The fourth-order valence-electron chi connectivity index (χ4n) is 4.89. The van der Waals surface area contributed by atoms with Crippen LogP contribution in [0.3, 0.4) is 0 Å². The van der Waals surface area contributed by atoms with Crippen molar-refractivity contribution in [2.45, 2.75) is 23.3 Å². The molecule has 2 aliphatic heterocycles. The maximum Gasteiger partial charge on any atom is 0.124 e. The van der Waals surface area contributed by atoms with Crippen molar-refractivity contribution >= 4 is 56.3 Å². The number of thioether (sulfide) groups is 2. The molecule has 1 aliphatic carbocycles. The van der Waals surface area contributed by atoms with Crippen LogP contribution in [-0.4, -0.2) is 24.6 Å². The molecule has 3 aromatic carbocycles. The van der Waals surface area contributed by atoms with Gasteiger partial charge in [-0.3, -0.25) is 0 Å². The van der Waals surface area contributed by atoms with Crippen molar-refractivity contribution in [2.24, 2.45) is 9.98 Å². The first kappa shape index (κ1) is 21.4. The summed E-state index contributed by atoms with van der Waals surface area (Å²) in [6.07, 6.45) is 0. The second-order valence-corrected chi connectivity index (χ2v) is 12.9. The van der Waals surface area contributed by atoms with Crippen LogP contribution in [0.25, 0.3) is 22.0 Å². The van der Waals surface area contributed by atoms with Gasteiger partial charge < -0.3 is 0 Å². The van der Waals surface area contributed by atoms with E-state index in [0.29, 0.717) is 0 Å². The third-order valence-corrected chi connectivity index (χ3v) is 11.3. The smallest absolute Gasteiger partial charge is 0.124 e. The van der Waals surface area contributed by atoms with Crippen LogP contribution in [0, 0.1) is 0 Å². The molecule has 0 radical (unpaired) electrons. The number of hydrogen-bond donors (Lipinski definition) is 0. The predicted molar refractivity (Wildman–Crippen MR) is 152 cm³/mol. The molecule has 4 aromatic rings. The Bertz CT molecular complexity index is 1550. The first-order valence-corrected chi connectivity index (χ1v) is 14.0. The molecule has 35 heavy (non-hydrogen) atoms. The molecule has 0 fully saturated rings. The quantitative estimate of drug-likeness (QED) is 0.344. The molecular weight excluding hydrogens is 487 g/mol. The molecule has 6 heteroatoms. The molecule has 170 valence electrons. The van der Waals surface area contributed by atoms with Crippen LogP contribution in [0.4, 0.5) is 0 Å². The Kier molecular flexibility index (Phi) is 4.75. The minimum Gasteiger partial charge on any atom is -0.243 e. The maximum atomic E-state index is 5.29. The van der Waals surface area contributed by atoms with E-state index in [0.717, 1.165) is 53.1 Å². The highest BCUT2D eigenvalue weighted by atomic mass is 32.2. The van der Waals surface area contributed by atoms with Gasteiger partial charge in [0, 0.05) is 16.7 Å². The minimum atomic E-state index is -0.298. The zero-order valence-electron chi connectivity index (χ0n) is 19.2. The van der Waals surface area contributed by atoms with Crippen LogP contribution in [0.15, 0.2) is 101 Å². The number of thiazole rings is 1. The van der Waals surface area contributed by atoms with Crippen LogP contribution in [0.5, 0.6) is 0 Å². The van der Waals surface area contributed by atoms with Gasteiger partial charge in [0.25, 0.3) is 0 Å². The fourth-order valence-corrected chi connectivity index (χ4v) is 9.00. The number of rotatable bonds is 3. The summed E-state index contributed by atoms with van der Waals surface area (Å²) < 4.78 is 0.578. The van der Waals surface area contributed by atoms with Gasteiger partial charge in [-0.2, -0.15) is 0 Å². The number of aliphatic imine (C=N–C) groups is 2. The van der Waals surface area contributed by atoms with Gasteiger partial charge in [-0.05, 0) is 13.8 Å². The highest BCUT2D eigenvalue weighted by Gasteiger charge is 2.60. The van der Waals surface area contributed by atoms with Crippen molar-refractivity contribution in [2.75, 3.05) is 0 Å². The van der Waals surface area contributed by atoms with Crippen molar-refractivity contribution in [3.63, 3.8) is 0 Å². The standard InChI is InChI=1S/C29H21N3S3/c1-28-23(31-26(34-28)19-14-8-4-9-15-19)21-22(33-25(30-21)18-12-6-3-7-13-18)24-29(28,2)35-27(32-24)20-16-10-5-11-17-20/h3-17H,1-2H3. The van der Waals surface area contributed by atoms with Crippen molar-refractivity contribution in [1.82, 2.24) is 4.98 Å². The Morgan fingerprint density at radius 2 is 1.03 bits per heavy atom. The number of hydrogen-bond acceptors (Lipinski definition) is 6. The lowest BCUT2D eigenvalue weighted by Crippen LogP contribution is -2.53. The average molecular weight is 508 g/mol. The van der Waals surface area contributed by atoms with E-state index in [-0.39, 0.29) is 9.49 Å². The van der Waals surface area contributed by atoms with Crippen molar-refractivity contribution in [3.8, 4) is 10.6 Å². The molecule has 7 rings (SSSR count). The lowest BCUT2D eigenvalue weighted by atomic mass is 9.85. The van der Waals surface area contributed by atoms with E-state index in [1.165, 1.54) is 0 Å². The van der Waals surface area contributed by atoms with Crippen molar-refractivity contribution in [3.05, 3.63) is 112 Å². The van der Waals surface area contributed by atoms with E-state index in [1.807, 2.05) is 29.6 Å². The molecule has 0 saturated heterocycles. The monoisotopic (exact) mass is 507 g/mol. The van der Waals surface area contributed by atoms with Gasteiger partial charge in [-0.25, -0.2) is 15.0 Å². The summed E-state index contributed by atoms with van der Waals surface area (Å²) >= 11 is 5.46. The van der Waals surface area contributed by atoms with Crippen LogP contribution in [0.2, 0.25) is 0 Å². The first-order chi connectivity index (χ1) is 17.1. The summed E-state index contributed by atoms with van der Waals surface area (Å²) in [5.41, 5.74) is 5.63. The summed E-state index contributed by atoms with van der Waals surface area (Å²) in [4.78, 5) is 15.7. The van der Waals surface area contributed by atoms with Gasteiger partial charge in [0.15, 0.2) is 0 Å². The van der Waals surface area contributed by atoms with E-state index in [9.17, 15) is 0 Å². The maximum absolute atomic E-state index is 5.29. The molecule has 3 aliphatic rings. The zero-order chi connectivity index (χ0) is 23.6. The van der Waals surface area contributed by atoms with Gasteiger partial charge in [0.1, 0.15) is 20.4 Å². The summed E-state index contributed by atoms with van der Waals surface area (Å²) in [6.45, 7) is 4.67. The molecule has 0 saturated carbocycles. The second-order valence-electron chi connectivity index (χ2n) is 9.10. The van der Waals surface area contributed by atoms with E-state index >= 15 is 0 Å². The molecule has 0 bridgehead atoms. The highest BCUT2D eigenvalue weighted by molar-refractivity contribution is 8.20. The molecule has 1 aromatic heterocycles. The van der Waals surface area contributed by atoms with Gasteiger partial charge in [-0.1, -0.05) is 115 Å². The SMILES string of the molecule is CC12SC(c3ccccc3)=NC1=c1nc(-c3ccccc3)sc1=C1N=C(c3ccccc3)SC12C. The minimum absolute atomic E-state index is 0.272. The van der Waals surface area contributed by atoms with Crippen LogP contribution < -0.4 is 9.88 Å². The number of fused-ring (bicyclic) bond motifs is 4. The van der Waals surface area contributed by atoms with E-state index in [1.54, 1.807) is 11.3 Å². The Balaban J connectivity index is 1.53. The predicted octanol–water partition coefficient (Wildman–Crippen LogP) is 5.94. The lowest BCUT2D eigenvalue weighted by Gasteiger charge is -2.41. The van der Waals surface area contributed by atoms with Gasteiger partial charge >= 0.3 is 0 Å². The summed E-state index contributed by atoms with van der Waals surface area (Å²) in [6, 6.07) is 31.5. The molecule has 3 heterocycles. The first-order valence-electron chi connectivity index (χ1n) is 11.5. The molecule has 0 spiro atoms. The number of nitrogens with zero attached hydrogens (tertiary/aromatic N) is 3. The Labute approximate surface area is 216 Å². The molecule has 2 unspecified atom stereocenters. The van der Waals surface area contributed by atoms with Gasteiger partial charge in [0.05, 0.1) is 25.4 Å². The third-order valence-electron chi connectivity index (χ3n) is 6.97. The topological polar surface area (TPSA) is 37.6 Å². The van der Waals surface area contributed by atoms with Crippen LogP contribution in [0.1, 0.15) is 25.0 Å². The van der Waals surface area contributed by atoms with Crippen molar-refractivity contribution in [1.29, 1.82) is 0 Å². The second kappa shape index (κ2) is 7.79. The van der Waals surface area contributed by atoms with E-state index < -0.39 is 0 Å². The zero-order valence-corrected chi connectivity index (χ0v) is 21.7. The van der Waals surface area contributed by atoms with Crippen molar-refractivity contribution < 1.29 is 0 Å². The highest BCUT2D eigenvalue weighted by Crippen LogP contribution is 2.62. The number of aromatic nitrogens is 1. The number of benzene rings is 3. The van der Waals surface area contributed by atoms with Crippen LogP contribution in [-0.2, 0) is 0 Å². The van der Waals surface area contributed by atoms with Gasteiger partial charge in [-0.15, -0.1) is 11.3 Å². The molecule has 0 amide bonds. The van der Waals surface area contributed by atoms with Crippen LogP contribution >= 0.6 is 34.9 Å². The third kappa shape index (κ3) is 3.10. The average Bonchev–Trinajstić information content (AvgIpc) is 3.60. The molecule has 2 atom stereocenters. The molecule has 3 nitrogen and oxygen atoms in total. The van der Waals surface area contributed by atoms with Gasteiger partial charge in [0.2, 0.25) is 0 Å². The molecule has 0 N–H and O–H groups in total. The Morgan fingerprint density at radius 1 is 0.571 bits per heavy atom. The normalized spacial score (nSPS) is 24.5. The largest absolute Gasteiger partial charge is 0.243 e. The molecular formula is C29H21N3S3. The summed E-state index contributed by atoms with van der Waals surface area (Å²) in [7, 11) is 0.